The Kier molecular flexibility index (Phi) is 7.14. The van der Waals surface area contributed by atoms with Crippen molar-refractivity contribution in [1.29, 1.82) is 0 Å². The number of nitrogens with zero attached hydrogens (tertiary/aromatic N) is 2. The van der Waals surface area contributed by atoms with Gasteiger partial charge in [0.15, 0.2) is 0 Å². The van der Waals surface area contributed by atoms with E-state index in [1.807, 2.05) is 6.92 Å². The van der Waals surface area contributed by atoms with E-state index in [4.69, 9.17) is 4.74 Å². The molecular formula is C14H25N3O. The summed E-state index contributed by atoms with van der Waals surface area (Å²) in [6.45, 7) is 7.01. The van der Waals surface area contributed by atoms with E-state index in [-0.39, 0.29) is 0 Å². The summed E-state index contributed by atoms with van der Waals surface area (Å²) in [5.41, 5.74) is 0. The Bertz CT molecular complexity index is 331. The second-order valence-electron chi connectivity index (χ2n) is 4.42. The minimum absolute atomic E-state index is 0.465. The molecule has 1 heterocycles. The Morgan fingerprint density at radius 3 is 2.72 bits per heavy atom. The highest BCUT2D eigenvalue weighted by Gasteiger charge is 2.09. The average molecular weight is 251 g/mol. The normalized spacial score (nSPS) is 12.2. The maximum Gasteiger partial charge on any atom is 0.226 e. The van der Waals surface area contributed by atoms with Crippen molar-refractivity contribution in [3.05, 3.63) is 12.3 Å². The number of aromatic nitrogens is 2. The van der Waals surface area contributed by atoms with Crippen molar-refractivity contribution in [1.82, 2.24) is 9.97 Å². The Balaban J connectivity index is 2.58. The van der Waals surface area contributed by atoms with Gasteiger partial charge in [-0.25, -0.2) is 4.98 Å². The third kappa shape index (κ3) is 5.34. The predicted octanol–water partition coefficient (Wildman–Crippen LogP) is 3.65. The highest BCUT2D eigenvalue weighted by Crippen LogP contribution is 2.14. The summed E-state index contributed by atoms with van der Waals surface area (Å²) in [4.78, 5) is 8.60. The number of anilines is 1. The highest BCUT2D eigenvalue weighted by atomic mass is 16.5. The van der Waals surface area contributed by atoms with Crippen LogP contribution in [-0.2, 0) is 0 Å². The van der Waals surface area contributed by atoms with Gasteiger partial charge in [-0.2, -0.15) is 4.98 Å². The van der Waals surface area contributed by atoms with Crippen molar-refractivity contribution in [2.24, 2.45) is 0 Å². The number of nitrogens with one attached hydrogen (secondary N) is 1. The molecule has 0 aromatic carbocycles. The zero-order valence-electron chi connectivity index (χ0n) is 11.8. The van der Waals surface area contributed by atoms with E-state index in [0.29, 0.717) is 24.5 Å². The van der Waals surface area contributed by atoms with Crippen LogP contribution in [0.4, 0.5) is 5.95 Å². The quantitative estimate of drug-likeness (QED) is 0.727. The van der Waals surface area contributed by atoms with Gasteiger partial charge in [0.1, 0.15) is 0 Å². The van der Waals surface area contributed by atoms with Gasteiger partial charge in [-0.3, -0.25) is 0 Å². The van der Waals surface area contributed by atoms with Crippen LogP contribution in [0.25, 0.3) is 0 Å². The molecule has 1 atom stereocenters. The minimum atomic E-state index is 0.465. The molecule has 0 fully saturated rings. The van der Waals surface area contributed by atoms with Gasteiger partial charge in [-0.05, 0) is 19.8 Å². The zero-order chi connectivity index (χ0) is 13.2. The number of hydrogen-bond acceptors (Lipinski definition) is 4. The molecule has 0 saturated carbocycles. The fraction of sp³-hybridized carbons (Fsp3) is 0.714. The Morgan fingerprint density at radius 1 is 1.22 bits per heavy atom. The van der Waals surface area contributed by atoms with Gasteiger partial charge in [-0.15, -0.1) is 0 Å². The van der Waals surface area contributed by atoms with Crippen LogP contribution in [0, 0.1) is 0 Å². The van der Waals surface area contributed by atoms with Crippen LogP contribution in [0.2, 0.25) is 0 Å². The molecule has 0 aliphatic heterocycles. The molecular weight excluding hydrogens is 226 g/mol. The van der Waals surface area contributed by atoms with Crippen LogP contribution in [0.1, 0.15) is 52.9 Å². The first-order valence-corrected chi connectivity index (χ1v) is 7.02. The predicted molar refractivity (Wildman–Crippen MR) is 75.0 cm³/mol. The van der Waals surface area contributed by atoms with E-state index in [1.54, 1.807) is 12.3 Å². The second-order valence-corrected chi connectivity index (χ2v) is 4.42. The van der Waals surface area contributed by atoms with Crippen molar-refractivity contribution >= 4 is 5.95 Å². The van der Waals surface area contributed by atoms with Gasteiger partial charge in [0.25, 0.3) is 0 Å². The van der Waals surface area contributed by atoms with E-state index < -0.39 is 0 Å². The maximum absolute atomic E-state index is 5.38. The van der Waals surface area contributed by atoms with Gasteiger partial charge < -0.3 is 10.1 Å². The summed E-state index contributed by atoms with van der Waals surface area (Å²) in [5.74, 6) is 1.32. The molecule has 0 aliphatic rings. The van der Waals surface area contributed by atoms with Crippen molar-refractivity contribution in [3.63, 3.8) is 0 Å². The first-order chi connectivity index (χ1) is 8.80. The molecule has 1 unspecified atom stereocenters. The number of hydrogen-bond donors (Lipinski definition) is 1. The number of ether oxygens (including phenoxy) is 1. The maximum atomic E-state index is 5.38. The minimum Gasteiger partial charge on any atom is -0.478 e. The fourth-order valence-electron chi connectivity index (χ4n) is 1.91. The summed E-state index contributed by atoms with van der Waals surface area (Å²) in [5, 5.41) is 3.41. The van der Waals surface area contributed by atoms with Gasteiger partial charge in [0.2, 0.25) is 11.8 Å². The van der Waals surface area contributed by atoms with Gasteiger partial charge in [0, 0.05) is 18.3 Å². The largest absolute Gasteiger partial charge is 0.478 e. The molecule has 1 aromatic heterocycles. The third-order valence-electron chi connectivity index (χ3n) is 2.80. The highest BCUT2D eigenvalue weighted by molar-refractivity contribution is 5.28. The molecule has 0 spiro atoms. The van der Waals surface area contributed by atoms with Crippen molar-refractivity contribution in [2.45, 2.75) is 58.9 Å². The molecule has 4 heteroatoms. The van der Waals surface area contributed by atoms with Crippen LogP contribution >= 0.6 is 0 Å². The fourth-order valence-corrected chi connectivity index (χ4v) is 1.91. The monoisotopic (exact) mass is 251 g/mol. The van der Waals surface area contributed by atoms with E-state index >= 15 is 0 Å². The Morgan fingerprint density at radius 2 is 2.06 bits per heavy atom. The van der Waals surface area contributed by atoms with Gasteiger partial charge >= 0.3 is 0 Å². The zero-order valence-corrected chi connectivity index (χ0v) is 11.8. The van der Waals surface area contributed by atoms with E-state index in [1.165, 1.54) is 25.7 Å². The third-order valence-corrected chi connectivity index (χ3v) is 2.80. The summed E-state index contributed by atoms with van der Waals surface area (Å²) < 4.78 is 5.38. The summed E-state index contributed by atoms with van der Waals surface area (Å²) in [7, 11) is 0. The average Bonchev–Trinajstić information content (AvgIpc) is 2.37. The first kappa shape index (κ1) is 14.7. The number of rotatable bonds is 9. The molecule has 4 nitrogen and oxygen atoms in total. The molecule has 0 radical (unpaired) electrons. The van der Waals surface area contributed by atoms with E-state index in [2.05, 4.69) is 29.1 Å². The topological polar surface area (TPSA) is 47.0 Å². The summed E-state index contributed by atoms with van der Waals surface area (Å²) in [6.07, 6.45) is 7.70. The molecule has 1 rings (SSSR count). The molecule has 0 bridgehead atoms. The first-order valence-electron chi connectivity index (χ1n) is 7.02. The summed E-state index contributed by atoms with van der Waals surface area (Å²) in [6, 6.07) is 2.25. The SMILES string of the molecule is CCCCC(CCC)Nc1nccc(OCC)n1. The molecule has 18 heavy (non-hydrogen) atoms. The van der Waals surface area contributed by atoms with Crippen LogP contribution in [0.15, 0.2) is 12.3 Å². The molecule has 1 aromatic rings. The second kappa shape index (κ2) is 8.72. The van der Waals surface area contributed by atoms with Crippen molar-refractivity contribution in [3.8, 4) is 5.88 Å². The van der Waals surface area contributed by atoms with Crippen LogP contribution in [0.3, 0.4) is 0 Å². The van der Waals surface area contributed by atoms with Crippen LogP contribution in [0.5, 0.6) is 5.88 Å². The lowest BCUT2D eigenvalue weighted by Gasteiger charge is -2.17. The summed E-state index contributed by atoms with van der Waals surface area (Å²) >= 11 is 0. The number of unbranched alkanes of at least 4 members (excludes halogenated alkanes) is 1. The van der Waals surface area contributed by atoms with Crippen molar-refractivity contribution in [2.75, 3.05) is 11.9 Å². The van der Waals surface area contributed by atoms with Crippen LogP contribution in [-0.4, -0.2) is 22.6 Å². The molecule has 0 aliphatic carbocycles. The smallest absolute Gasteiger partial charge is 0.226 e. The lowest BCUT2D eigenvalue weighted by molar-refractivity contribution is 0.326. The van der Waals surface area contributed by atoms with E-state index in [0.717, 1.165) is 6.42 Å². The van der Waals surface area contributed by atoms with Gasteiger partial charge in [0.05, 0.1) is 6.61 Å². The van der Waals surface area contributed by atoms with Gasteiger partial charge in [-0.1, -0.05) is 33.1 Å². The standard InChI is InChI=1S/C14H25N3O/c1-4-7-9-12(8-5-2)16-14-15-11-10-13(17-14)18-6-3/h10-12H,4-9H2,1-3H3,(H,15,16,17). The lowest BCUT2D eigenvalue weighted by Crippen LogP contribution is -2.20. The molecule has 1 N–H and O–H groups in total. The Labute approximate surface area is 110 Å². The van der Waals surface area contributed by atoms with Crippen LogP contribution < -0.4 is 10.1 Å². The molecule has 0 amide bonds. The lowest BCUT2D eigenvalue weighted by atomic mass is 10.1. The molecule has 102 valence electrons. The molecule has 0 saturated heterocycles. The van der Waals surface area contributed by atoms with Crippen molar-refractivity contribution < 1.29 is 4.74 Å². The van der Waals surface area contributed by atoms with E-state index in [9.17, 15) is 0 Å². The Hall–Kier alpha value is -1.32.